The Morgan fingerprint density at radius 2 is 1.76 bits per heavy atom. The molecule has 0 aliphatic rings. The Bertz CT molecular complexity index is 789. The van der Waals surface area contributed by atoms with Gasteiger partial charge in [-0.1, -0.05) is 30.3 Å². The molecule has 0 saturated heterocycles. The number of nitrogens with zero attached hydrogens (tertiary/aromatic N) is 3. The van der Waals surface area contributed by atoms with Gasteiger partial charge in [-0.3, -0.25) is 9.48 Å². The van der Waals surface area contributed by atoms with Gasteiger partial charge in [0.25, 0.3) is 5.56 Å². The largest absolute Gasteiger partial charge is 0.398 e. The lowest BCUT2D eigenvalue weighted by atomic mass is 10.1. The molecular weight excluding hydrogens is 264 g/mol. The lowest BCUT2D eigenvalue weighted by molar-refractivity contribution is 0.524. The first kappa shape index (κ1) is 13.2. The molecule has 0 spiro atoms. The van der Waals surface area contributed by atoms with Crippen LogP contribution in [0.4, 0.5) is 5.69 Å². The van der Waals surface area contributed by atoms with Crippen LogP contribution in [-0.4, -0.2) is 14.3 Å². The van der Waals surface area contributed by atoms with Gasteiger partial charge in [0.1, 0.15) is 0 Å². The smallest absolute Gasteiger partial charge is 0.250 e. The van der Waals surface area contributed by atoms with E-state index in [0.29, 0.717) is 18.8 Å². The maximum Gasteiger partial charge on any atom is 0.250 e. The summed E-state index contributed by atoms with van der Waals surface area (Å²) < 4.78 is 3.43. The molecule has 0 bridgehead atoms. The van der Waals surface area contributed by atoms with Crippen LogP contribution in [0, 0.1) is 0 Å². The summed E-state index contributed by atoms with van der Waals surface area (Å²) in [6, 6.07) is 13.2. The minimum Gasteiger partial charge on any atom is -0.398 e. The van der Waals surface area contributed by atoms with Gasteiger partial charge in [0.2, 0.25) is 0 Å². The number of hydrogen-bond donors (Lipinski definition) is 1. The molecule has 2 N–H and O–H groups in total. The third-order valence-electron chi connectivity index (χ3n) is 3.32. The number of anilines is 1. The van der Waals surface area contributed by atoms with E-state index < -0.39 is 0 Å². The number of pyridine rings is 1. The summed E-state index contributed by atoms with van der Waals surface area (Å²) in [7, 11) is 0. The van der Waals surface area contributed by atoms with Crippen molar-refractivity contribution in [1.29, 1.82) is 0 Å². The average molecular weight is 280 g/mol. The van der Waals surface area contributed by atoms with Crippen molar-refractivity contribution < 1.29 is 0 Å². The van der Waals surface area contributed by atoms with Crippen molar-refractivity contribution in [3.8, 4) is 11.1 Å². The Balaban J connectivity index is 1.73. The molecule has 0 aliphatic carbocycles. The molecule has 21 heavy (non-hydrogen) atoms. The summed E-state index contributed by atoms with van der Waals surface area (Å²) in [6.45, 7) is 1.16. The zero-order valence-electron chi connectivity index (χ0n) is 11.5. The third kappa shape index (κ3) is 3.02. The van der Waals surface area contributed by atoms with E-state index in [1.807, 2.05) is 47.4 Å². The monoisotopic (exact) mass is 280 g/mol. The van der Waals surface area contributed by atoms with E-state index in [-0.39, 0.29) is 5.56 Å². The Kier molecular flexibility index (Phi) is 3.55. The highest BCUT2D eigenvalue weighted by Gasteiger charge is 2.02. The fourth-order valence-electron chi connectivity index (χ4n) is 2.20. The topological polar surface area (TPSA) is 65.8 Å². The molecule has 3 aromatic rings. The maximum atomic E-state index is 11.7. The molecule has 0 aliphatic heterocycles. The zero-order chi connectivity index (χ0) is 14.7. The molecule has 2 heterocycles. The number of rotatable bonds is 4. The SMILES string of the molecule is Nc1ccc(=O)n(CCn2cc(-c3ccccc3)cn2)c1. The van der Waals surface area contributed by atoms with E-state index >= 15 is 0 Å². The van der Waals surface area contributed by atoms with Crippen LogP contribution in [0.2, 0.25) is 0 Å². The van der Waals surface area contributed by atoms with Crippen molar-refractivity contribution in [1.82, 2.24) is 14.3 Å². The second-order valence-corrected chi connectivity index (χ2v) is 4.85. The van der Waals surface area contributed by atoms with Crippen LogP contribution in [0.15, 0.2) is 65.8 Å². The summed E-state index contributed by atoms with van der Waals surface area (Å²) in [4.78, 5) is 11.7. The van der Waals surface area contributed by atoms with Gasteiger partial charge in [0, 0.05) is 36.3 Å². The normalized spacial score (nSPS) is 10.7. The number of nitrogens with two attached hydrogens (primary N) is 1. The van der Waals surface area contributed by atoms with E-state index in [0.717, 1.165) is 11.1 Å². The summed E-state index contributed by atoms with van der Waals surface area (Å²) in [6.07, 6.45) is 5.47. The van der Waals surface area contributed by atoms with Crippen LogP contribution in [0.1, 0.15) is 0 Å². The van der Waals surface area contributed by atoms with Crippen molar-refractivity contribution in [2.75, 3.05) is 5.73 Å². The van der Waals surface area contributed by atoms with Gasteiger partial charge in [0.05, 0.1) is 12.7 Å². The number of nitrogen functional groups attached to an aromatic ring is 1. The third-order valence-corrected chi connectivity index (χ3v) is 3.32. The molecule has 2 aromatic heterocycles. The first-order valence-electron chi connectivity index (χ1n) is 6.76. The summed E-state index contributed by atoms with van der Waals surface area (Å²) >= 11 is 0. The fourth-order valence-corrected chi connectivity index (χ4v) is 2.20. The van der Waals surface area contributed by atoms with Crippen LogP contribution in [-0.2, 0) is 13.1 Å². The Hall–Kier alpha value is -2.82. The lowest BCUT2D eigenvalue weighted by Gasteiger charge is -2.06. The lowest BCUT2D eigenvalue weighted by Crippen LogP contribution is -2.21. The van der Waals surface area contributed by atoms with Crippen molar-refractivity contribution in [3.05, 3.63) is 71.4 Å². The number of hydrogen-bond acceptors (Lipinski definition) is 3. The molecule has 3 rings (SSSR count). The van der Waals surface area contributed by atoms with Crippen molar-refractivity contribution in [3.63, 3.8) is 0 Å². The Morgan fingerprint density at radius 3 is 2.57 bits per heavy atom. The quantitative estimate of drug-likeness (QED) is 0.795. The number of aryl methyl sites for hydroxylation is 2. The van der Waals surface area contributed by atoms with Crippen LogP contribution in [0.5, 0.6) is 0 Å². The van der Waals surface area contributed by atoms with E-state index in [2.05, 4.69) is 5.10 Å². The molecule has 5 heteroatoms. The zero-order valence-corrected chi connectivity index (χ0v) is 11.5. The number of benzene rings is 1. The predicted molar refractivity (Wildman–Crippen MR) is 82.8 cm³/mol. The molecule has 0 unspecified atom stereocenters. The molecule has 0 atom stereocenters. The van der Waals surface area contributed by atoms with Gasteiger partial charge >= 0.3 is 0 Å². The highest BCUT2D eigenvalue weighted by Crippen LogP contribution is 2.17. The fraction of sp³-hybridized carbons (Fsp3) is 0.125. The van der Waals surface area contributed by atoms with Crippen molar-refractivity contribution >= 4 is 5.69 Å². The van der Waals surface area contributed by atoms with Crippen LogP contribution >= 0.6 is 0 Å². The second-order valence-electron chi connectivity index (χ2n) is 4.85. The van der Waals surface area contributed by atoms with E-state index in [1.165, 1.54) is 6.07 Å². The van der Waals surface area contributed by atoms with E-state index in [1.54, 1.807) is 16.8 Å². The van der Waals surface area contributed by atoms with E-state index in [4.69, 9.17) is 5.73 Å². The highest BCUT2D eigenvalue weighted by atomic mass is 16.1. The molecule has 0 radical (unpaired) electrons. The van der Waals surface area contributed by atoms with Gasteiger partial charge in [-0.25, -0.2) is 0 Å². The standard InChI is InChI=1S/C16H16N4O/c17-15-6-7-16(21)19(12-15)8-9-20-11-14(10-18-20)13-4-2-1-3-5-13/h1-7,10-12H,8-9,17H2. The highest BCUT2D eigenvalue weighted by molar-refractivity contribution is 5.61. The van der Waals surface area contributed by atoms with Gasteiger partial charge in [-0.15, -0.1) is 0 Å². The predicted octanol–water partition coefficient (Wildman–Crippen LogP) is 1.99. The first-order valence-corrected chi connectivity index (χ1v) is 6.76. The molecule has 0 amide bonds. The summed E-state index contributed by atoms with van der Waals surface area (Å²) in [5, 5.41) is 4.33. The van der Waals surface area contributed by atoms with Crippen LogP contribution < -0.4 is 11.3 Å². The Labute approximate surface area is 122 Å². The summed E-state index contributed by atoms with van der Waals surface area (Å²) in [5.41, 5.74) is 8.42. The van der Waals surface area contributed by atoms with Crippen molar-refractivity contribution in [2.45, 2.75) is 13.1 Å². The van der Waals surface area contributed by atoms with Crippen molar-refractivity contribution in [2.24, 2.45) is 0 Å². The Morgan fingerprint density at radius 1 is 0.952 bits per heavy atom. The van der Waals surface area contributed by atoms with Gasteiger partial charge in [0.15, 0.2) is 0 Å². The van der Waals surface area contributed by atoms with Crippen LogP contribution in [0.25, 0.3) is 11.1 Å². The molecule has 0 fully saturated rings. The first-order chi connectivity index (χ1) is 10.2. The summed E-state index contributed by atoms with van der Waals surface area (Å²) in [5.74, 6) is 0. The van der Waals surface area contributed by atoms with Gasteiger partial charge in [-0.2, -0.15) is 5.10 Å². The minimum absolute atomic E-state index is 0.0559. The molecule has 0 saturated carbocycles. The van der Waals surface area contributed by atoms with E-state index in [9.17, 15) is 4.79 Å². The molecule has 106 valence electrons. The average Bonchev–Trinajstić information content (AvgIpc) is 2.98. The second kappa shape index (κ2) is 5.66. The molecular formula is C16H16N4O. The van der Waals surface area contributed by atoms with Gasteiger partial charge < -0.3 is 10.3 Å². The maximum absolute atomic E-state index is 11.7. The van der Waals surface area contributed by atoms with Gasteiger partial charge in [-0.05, 0) is 11.6 Å². The molecule has 5 nitrogen and oxygen atoms in total. The minimum atomic E-state index is -0.0559. The number of aromatic nitrogens is 3. The molecule has 1 aromatic carbocycles. The van der Waals surface area contributed by atoms with Crippen LogP contribution in [0.3, 0.4) is 0 Å².